The maximum atomic E-state index is 11.6. The normalized spacial score (nSPS) is 9.47. The van der Waals surface area contributed by atoms with Gasteiger partial charge in [0.2, 0.25) is 0 Å². The number of benzene rings is 1. The first-order valence-electron chi connectivity index (χ1n) is 4.52. The van der Waals surface area contributed by atoms with Gasteiger partial charge in [0.25, 0.3) is 11.6 Å². The van der Waals surface area contributed by atoms with E-state index in [1.807, 2.05) is 0 Å². The number of hydrogen-bond donors (Lipinski definition) is 3. The summed E-state index contributed by atoms with van der Waals surface area (Å²) in [6.45, 7) is 1.67. The van der Waals surface area contributed by atoms with Crippen LogP contribution in [0.5, 0.6) is 0 Å². The maximum Gasteiger partial charge on any atom is 0.270 e. The number of nitrogens with two attached hydrogens (primary N) is 1. The smallest absolute Gasteiger partial charge is 0.270 e. The van der Waals surface area contributed by atoms with Crippen LogP contribution in [-0.4, -0.2) is 15.9 Å². The standard InChI is InChI=1S/C9H10N4O3S/c1-5-2-3-6(13(15)16)4-7(5)8(14)11-12-9(10)17/h2-4H,1H3,(H,11,14)(H3,10,12,17). The van der Waals surface area contributed by atoms with E-state index in [1.54, 1.807) is 6.92 Å². The monoisotopic (exact) mass is 254 g/mol. The molecule has 0 aromatic heterocycles. The van der Waals surface area contributed by atoms with Crippen molar-refractivity contribution in [2.45, 2.75) is 6.92 Å². The van der Waals surface area contributed by atoms with Gasteiger partial charge in [-0.05, 0) is 24.7 Å². The number of thiocarbonyl (C=S) groups is 1. The van der Waals surface area contributed by atoms with Crippen molar-refractivity contribution in [3.63, 3.8) is 0 Å². The van der Waals surface area contributed by atoms with E-state index < -0.39 is 10.8 Å². The largest absolute Gasteiger partial charge is 0.375 e. The van der Waals surface area contributed by atoms with Crippen molar-refractivity contribution < 1.29 is 9.72 Å². The molecular weight excluding hydrogens is 244 g/mol. The molecule has 0 heterocycles. The Hall–Kier alpha value is -2.22. The zero-order valence-electron chi connectivity index (χ0n) is 8.89. The molecule has 1 amide bonds. The van der Waals surface area contributed by atoms with Gasteiger partial charge in [0, 0.05) is 12.1 Å². The van der Waals surface area contributed by atoms with Crippen LogP contribution < -0.4 is 16.6 Å². The number of nitrogens with one attached hydrogen (secondary N) is 2. The second kappa shape index (κ2) is 5.21. The minimum absolute atomic E-state index is 0.0959. The van der Waals surface area contributed by atoms with Crippen LogP contribution in [0.1, 0.15) is 15.9 Å². The lowest BCUT2D eigenvalue weighted by Crippen LogP contribution is -2.44. The zero-order valence-corrected chi connectivity index (χ0v) is 9.71. The second-order valence-electron chi connectivity index (χ2n) is 3.20. The molecule has 1 aromatic rings. The van der Waals surface area contributed by atoms with Gasteiger partial charge >= 0.3 is 0 Å². The fraction of sp³-hybridized carbons (Fsp3) is 0.111. The Kier molecular flexibility index (Phi) is 3.94. The number of nitrogens with zero attached hydrogens (tertiary/aromatic N) is 1. The first-order valence-corrected chi connectivity index (χ1v) is 4.93. The number of aryl methyl sites for hydroxylation is 1. The first-order chi connectivity index (χ1) is 7.91. The summed E-state index contributed by atoms with van der Waals surface area (Å²) in [5.41, 5.74) is 10.3. The van der Waals surface area contributed by atoms with Crippen LogP contribution in [0, 0.1) is 17.0 Å². The molecule has 0 bridgehead atoms. The highest BCUT2D eigenvalue weighted by Crippen LogP contribution is 2.16. The molecular formula is C9H10N4O3S. The lowest BCUT2D eigenvalue weighted by atomic mass is 10.1. The topological polar surface area (TPSA) is 110 Å². The van der Waals surface area contributed by atoms with Crippen molar-refractivity contribution in [2.24, 2.45) is 5.73 Å². The van der Waals surface area contributed by atoms with Gasteiger partial charge in [-0.3, -0.25) is 25.8 Å². The van der Waals surface area contributed by atoms with Crippen molar-refractivity contribution in [3.8, 4) is 0 Å². The molecule has 90 valence electrons. The van der Waals surface area contributed by atoms with Gasteiger partial charge in [-0.2, -0.15) is 0 Å². The third-order valence-corrected chi connectivity index (χ3v) is 2.08. The summed E-state index contributed by atoms with van der Waals surface area (Å²) in [7, 11) is 0. The third kappa shape index (κ3) is 3.38. The van der Waals surface area contributed by atoms with Crippen molar-refractivity contribution in [1.29, 1.82) is 0 Å². The number of carbonyl (C=O) groups is 1. The minimum atomic E-state index is -0.572. The van der Waals surface area contributed by atoms with Crippen LogP contribution in [0.2, 0.25) is 0 Å². The van der Waals surface area contributed by atoms with Crippen LogP contribution in [0.15, 0.2) is 18.2 Å². The molecule has 0 aliphatic heterocycles. The molecule has 0 radical (unpaired) electrons. The van der Waals surface area contributed by atoms with Crippen LogP contribution >= 0.6 is 12.2 Å². The lowest BCUT2D eigenvalue weighted by molar-refractivity contribution is -0.384. The molecule has 0 atom stereocenters. The van der Waals surface area contributed by atoms with Crippen LogP contribution in [0.25, 0.3) is 0 Å². The van der Waals surface area contributed by atoms with E-state index in [9.17, 15) is 14.9 Å². The van der Waals surface area contributed by atoms with E-state index in [0.29, 0.717) is 5.56 Å². The Morgan fingerprint density at radius 2 is 2.12 bits per heavy atom. The molecule has 0 saturated carbocycles. The van der Waals surface area contributed by atoms with E-state index in [-0.39, 0.29) is 16.4 Å². The van der Waals surface area contributed by atoms with Crippen LogP contribution in [0.4, 0.5) is 5.69 Å². The van der Waals surface area contributed by atoms with Crippen molar-refractivity contribution in [1.82, 2.24) is 10.9 Å². The molecule has 17 heavy (non-hydrogen) atoms. The summed E-state index contributed by atoms with van der Waals surface area (Å²) < 4.78 is 0. The molecule has 8 heteroatoms. The first kappa shape index (κ1) is 12.8. The molecule has 0 spiro atoms. The highest BCUT2D eigenvalue weighted by atomic mass is 32.1. The number of hydrazine groups is 1. The number of non-ortho nitro benzene ring substituents is 1. The SMILES string of the molecule is Cc1ccc([N+](=O)[O-])cc1C(=O)NNC(N)=S. The highest BCUT2D eigenvalue weighted by Gasteiger charge is 2.14. The van der Waals surface area contributed by atoms with Crippen LogP contribution in [0.3, 0.4) is 0 Å². The Labute approximate surface area is 102 Å². The van der Waals surface area contributed by atoms with Gasteiger partial charge in [-0.25, -0.2) is 0 Å². The molecule has 0 unspecified atom stereocenters. The van der Waals surface area contributed by atoms with Gasteiger partial charge in [0.1, 0.15) is 0 Å². The molecule has 1 aromatic carbocycles. The summed E-state index contributed by atoms with van der Waals surface area (Å²) in [5.74, 6) is -0.543. The van der Waals surface area contributed by atoms with Crippen molar-refractivity contribution in [2.75, 3.05) is 0 Å². The van der Waals surface area contributed by atoms with E-state index in [2.05, 4.69) is 23.1 Å². The van der Waals surface area contributed by atoms with Gasteiger partial charge in [0.05, 0.1) is 10.5 Å². The Morgan fingerprint density at radius 3 is 2.65 bits per heavy atom. The summed E-state index contributed by atoms with van der Waals surface area (Å²) in [6.07, 6.45) is 0. The maximum absolute atomic E-state index is 11.6. The third-order valence-electron chi connectivity index (χ3n) is 1.98. The van der Waals surface area contributed by atoms with E-state index >= 15 is 0 Å². The van der Waals surface area contributed by atoms with E-state index in [4.69, 9.17) is 5.73 Å². The number of nitro groups is 1. The number of carbonyl (C=O) groups excluding carboxylic acids is 1. The molecule has 1 rings (SSSR count). The minimum Gasteiger partial charge on any atom is -0.375 e. The van der Waals surface area contributed by atoms with Gasteiger partial charge in [-0.1, -0.05) is 6.07 Å². The Balaban J connectivity index is 2.95. The highest BCUT2D eigenvalue weighted by molar-refractivity contribution is 7.80. The molecule has 7 nitrogen and oxygen atoms in total. The number of nitro benzene ring substituents is 1. The molecule has 4 N–H and O–H groups in total. The number of amides is 1. The predicted octanol–water partition coefficient (Wildman–Crippen LogP) is 0.381. The molecule has 0 saturated heterocycles. The van der Waals surface area contributed by atoms with E-state index in [1.165, 1.54) is 18.2 Å². The Bertz CT molecular complexity index is 489. The van der Waals surface area contributed by atoms with Gasteiger partial charge in [-0.15, -0.1) is 0 Å². The zero-order chi connectivity index (χ0) is 13.0. The summed E-state index contributed by atoms with van der Waals surface area (Å²) >= 11 is 4.51. The fourth-order valence-electron chi connectivity index (χ4n) is 1.15. The molecule has 0 aliphatic carbocycles. The van der Waals surface area contributed by atoms with Gasteiger partial charge in [0.15, 0.2) is 5.11 Å². The molecule has 0 fully saturated rings. The van der Waals surface area contributed by atoms with Gasteiger partial charge < -0.3 is 5.73 Å². The fourth-order valence-corrected chi connectivity index (χ4v) is 1.20. The average Bonchev–Trinajstić information content (AvgIpc) is 2.26. The van der Waals surface area contributed by atoms with E-state index in [0.717, 1.165) is 0 Å². The lowest BCUT2D eigenvalue weighted by Gasteiger charge is -2.08. The summed E-state index contributed by atoms with van der Waals surface area (Å²) in [6, 6.07) is 4.01. The number of rotatable bonds is 2. The summed E-state index contributed by atoms with van der Waals surface area (Å²) in [5, 5.41) is 10.5. The quantitative estimate of drug-likeness (QED) is 0.400. The van der Waals surface area contributed by atoms with Crippen LogP contribution in [-0.2, 0) is 0 Å². The molecule has 0 aliphatic rings. The Morgan fingerprint density at radius 1 is 1.47 bits per heavy atom. The van der Waals surface area contributed by atoms with Crippen molar-refractivity contribution >= 4 is 28.9 Å². The second-order valence-corrected chi connectivity index (χ2v) is 3.64. The average molecular weight is 254 g/mol. The predicted molar refractivity (Wildman–Crippen MR) is 65.2 cm³/mol. The summed E-state index contributed by atoms with van der Waals surface area (Å²) in [4.78, 5) is 21.6. The number of hydrogen-bond acceptors (Lipinski definition) is 4. The van der Waals surface area contributed by atoms with Crippen molar-refractivity contribution in [3.05, 3.63) is 39.4 Å².